The number of hydrogen-bond acceptors (Lipinski definition) is 2. The molecule has 0 bridgehead atoms. The van der Waals surface area contributed by atoms with Crippen molar-refractivity contribution < 1.29 is 8.42 Å². The molecule has 0 amide bonds. The maximum atomic E-state index is 11.7. The predicted molar refractivity (Wildman–Crippen MR) is 59.7 cm³/mol. The van der Waals surface area contributed by atoms with Gasteiger partial charge in [-0.1, -0.05) is 36.7 Å². The molecule has 0 aromatic rings. The second-order valence-electron chi connectivity index (χ2n) is 3.35. The van der Waals surface area contributed by atoms with Crippen LogP contribution < -0.4 is 0 Å². The third-order valence-electron chi connectivity index (χ3n) is 1.62. The normalized spacial score (nSPS) is 12.8. The average molecular weight is 272 g/mol. The minimum Gasteiger partial charge on any atom is -0.212 e. The Labute approximate surface area is 89.7 Å². The minimum absolute atomic E-state index is 0.189. The van der Waals surface area contributed by atoms with E-state index >= 15 is 0 Å². The van der Waals surface area contributed by atoms with Crippen LogP contribution in [0.3, 0.4) is 0 Å². The summed E-state index contributed by atoms with van der Waals surface area (Å²) in [6.07, 6.45) is 0. The van der Waals surface area contributed by atoms with Crippen LogP contribution in [-0.4, -0.2) is 36.9 Å². The second-order valence-corrected chi connectivity index (χ2v) is 6.16. The molecule has 0 spiro atoms. The summed E-state index contributed by atoms with van der Waals surface area (Å²) in [5.74, 6) is 0.433. The lowest BCUT2D eigenvalue weighted by Crippen LogP contribution is -2.35. The zero-order chi connectivity index (χ0) is 10.5. The van der Waals surface area contributed by atoms with Gasteiger partial charge >= 0.3 is 0 Å². The Balaban J connectivity index is 4.39. The zero-order valence-electron chi connectivity index (χ0n) is 8.46. The smallest absolute Gasteiger partial charge is 0.212 e. The molecule has 0 heterocycles. The molecule has 0 aliphatic heterocycles. The highest BCUT2D eigenvalue weighted by atomic mass is 79.9. The van der Waals surface area contributed by atoms with Gasteiger partial charge in [0.1, 0.15) is 0 Å². The number of sulfonamides is 1. The van der Waals surface area contributed by atoms with Crippen LogP contribution in [0.15, 0.2) is 0 Å². The summed E-state index contributed by atoms with van der Waals surface area (Å²) >= 11 is 3.24. The number of nitrogens with zero attached hydrogens (tertiary/aromatic N) is 1. The number of rotatable bonds is 6. The van der Waals surface area contributed by atoms with Gasteiger partial charge in [0.05, 0.1) is 5.75 Å². The van der Waals surface area contributed by atoms with E-state index in [0.29, 0.717) is 18.4 Å². The van der Waals surface area contributed by atoms with E-state index in [2.05, 4.69) is 15.9 Å². The first-order valence-electron chi connectivity index (χ1n) is 4.47. The topological polar surface area (TPSA) is 37.4 Å². The number of alkyl halides is 1. The van der Waals surface area contributed by atoms with Crippen molar-refractivity contribution in [1.29, 1.82) is 0 Å². The lowest BCUT2D eigenvalue weighted by Gasteiger charge is -2.20. The van der Waals surface area contributed by atoms with Gasteiger partial charge in [0.2, 0.25) is 10.0 Å². The number of halogens is 1. The first kappa shape index (κ1) is 13.4. The molecule has 0 saturated heterocycles. The largest absolute Gasteiger partial charge is 0.214 e. The number of hydrogen-bond donors (Lipinski definition) is 0. The molecule has 0 fully saturated rings. The van der Waals surface area contributed by atoms with Crippen molar-refractivity contribution in [1.82, 2.24) is 4.31 Å². The summed E-state index contributed by atoms with van der Waals surface area (Å²) in [4.78, 5) is 0. The summed E-state index contributed by atoms with van der Waals surface area (Å²) in [7, 11) is -3.03. The lowest BCUT2D eigenvalue weighted by atomic mass is 10.3. The van der Waals surface area contributed by atoms with Crippen LogP contribution in [0.2, 0.25) is 0 Å². The van der Waals surface area contributed by atoms with E-state index in [1.807, 2.05) is 20.8 Å². The van der Waals surface area contributed by atoms with E-state index in [0.717, 1.165) is 0 Å². The Hall–Kier alpha value is 0.390. The fraction of sp³-hybridized carbons (Fsp3) is 1.00. The lowest BCUT2D eigenvalue weighted by molar-refractivity contribution is 0.442. The van der Waals surface area contributed by atoms with Crippen LogP contribution in [0, 0.1) is 5.92 Å². The molecule has 0 rings (SSSR count). The molecule has 0 aromatic carbocycles. The molecule has 0 unspecified atom stereocenters. The van der Waals surface area contributed by atoms with Gasteiger partial charge in [-0.05, 0) is 5.92 Å². The highest BCUT2D eigenvalue weighted by Crippen LogP contribution is 2.07. The maximum Gasteiger partial charge on any atom is 0.214 e. The fourth-order valence-corrected chi connectivity index (χ4v) is 3.59. The summed E-state index contributed by atoms with van der Waals surface area (Å²) in [5.41, 5.74) is 0. The third-order valence-corrected chi connectivity index (χ3v) is 4.29. The van der Waals surface area contributed by atoms with Crippen LogP contribution in [0.4, 0.5) is 0 Å². The Morgan fingerprint density at radius 2 is 1.92 bits per heavy atom. The fourth-order valence-electron chi connectivity index (χ4n) is 1.11. The molecule has 3 nitrogen and oxygen atoms in total. The first-order valence-corrected chi connectivity index (χ1v) is 7.20. The highest BCUT2D eigenvalue weighted by molar-refractivity contribution is 9.09. The van der Waals surface area contributed by atoms with E-state index in [9.17, 15) is 8.42 Å². The van der Waals surface area contributed by atoms with Crippen LogP contribution in [0.1, 0.15) is 20.8 Å². The van der Waals surface area contributed by atoms with Crippen molar-refractivity contribution in [3.05, 3.63) is 0 Å². The second kappa shape index (κ2) is 5.98. The van der Waals surface area contributed by atoms with Crippen molar-refractivity contribution in [2.24, 2.45) is 5.92 Å². The molecule has 0 atom stereocenters. The zero-order valence-corrected chi connectivity index (χ0v) is 10.9. The molecular formula is C8H18BrNO2S. The highest BCUT2D eigenvalue weighted by Gasteiger charge is 2.20. The molecule has 0 saturated carbocycles. The van der Waals surface area contributed by atoms with Crippen LogP contribution in [-0.2, 0) is 10.0 Å². The van der Waals surface area contributed by atoms with E-state index in [-0.39, 0.29) is 11.7 Å². The summed E-state index contributed by atoms with van der Waals surface area (Å²) in [6, 6.07) is 0. The molecule has 0 aliphatic carbocycles. The van der Waals surface area contributed by atoms with Crippen molar-refractivity contribution >= 4 is 26.0 Å². The third kappa shape index (κ3) is 4.98. The Morgan fingerprint density at radius 3 is 2.23 bits per heavy atom. The van der Waals surface area contributed by atoms with Crippen molar-refractivity contribution in [2.45, 2.75) is 20.8 Å². The van der Waals surface area contributed by atoms with Gasteiger partial charge in [0.15, 0.2) is 0 Å². The Bertz CT molecular complexity index is 226. The van der Waals surface area contributed by atoms with Crippen molar-refractivity contribution in [2.75, 3.05) is 24.2 Å². The van der Waals surface area contributed by atoms with Crippen molar-refractivity contribution in [3.8, 4) is 0 Å². The molecule has 0 aromatic heterocycles. The SMILES string of the molecule is CCN(CCBr)S(=O)(=O)CC(C)C. The van der Waals surface area contributed by atoms with Crippen LogP contribution >= 0.6 is 15.9 Å². The monoisotopic (exact) mass is 271 g/mol. The van der Waals surface area contributed by atoms with E-state index in [1.54, 1.807) is 0 Å². The summed E-state index contributed by atoms with van der Waals surface area (Å²) in [5, 5.41) is 0.693. The Morgan fingerprint density at radius 1 is 1.38 bits per heavy atom. The van der Waals surface area contributed by atoms with Gasteiger partial charge in [-0.15, -0.1) is 0 Å². The maximum absolute atomic E-state index is 11.7. The minimum atomic E-state index is -3.03. The van der Waals surface area contributed by atoms with Gasteiger partial charge in [0, 0.05) is 18.4 Å². The van der Waals surface area contributed by atoms with Gasteiger partial charge in [-0.2, -0.15) is 0 Å². The molecule has 80 valence electrons. The summed E-state index contributed by atoms with van der Waals surface area (Å²) in [6.45, 7) is 6.81. The van der Waals surface area contributed by atoms with E-state index in [4.69, 9.17) is 0 Å². The van der Waals surface area contributed by atoms with Crippen LogP contribution in [0.25, 0.3) is 0 Å². The van der Waals surface area contributed by atoms with E-state index < -0.39 is 10.0 Å². The molecular weight excluding hydrogens is 254 g/mol. The molecule has 13 heavy (non-hydrogen) atoms. The quantitative estimate of drug-likeness (QED) is 0.690. The van der Waals surface area contributed by atoms with Gasteiger partial charge in [-0.25, -0.2) is 12.7 Å². The molecule has 0 aliphatic rings. The summed E-state index contributed by atoms with van der Waals surface area (Å²) < 4.78 is 24.9. The van der Waals surface area contributed by atoms with Crippen molar-refractivity contribution in [3.63, 3.8) is 0 Å². The average Bonchev–Trinajstić information content (AvgIpc) is 1.97. The van der Waals surface area contributed by atoms with Gasteiger partial charge < -0.3 is 0 Å². The standard InChI is InChI=1S/C8H18BrNO2S/c1-4-10(6-5-9)13(11,12)7-8(2)3/h8H,4-7H2,1-3H3. The molecule has 0 radical (unpaired) electrons. The first-order chi connectivity index (χ1) is 5.94. The van der Waals surface area contributed by atoms with Gasteiger partial charge in [0.25, 0.3) is 0 Å². The van der Waals surface area contributed by atoms with Crippen LogP contribution in [0.5, 0.6) is 0 Å². The molecule has 0 N–H and O–H groups in total. The predicted octanol–water partition coefficient (Wildman–Crippen LogP) is 1.69. The van der Waals surface area contributed by atoms with E-state index in [1.165, 1.54) is 4.31 Å². The van der Waals surface area contributed by atoms with Gasteiger partial charge in [-0.3, -0.25) is 0 Å². The molecule has 5 heteroatoms. The Kier molecular flexibility index (Phi) is 6.16.